The fourth-order valence-electron chi connectivity index (χ4n) is 6.41. The average molecular weight is 581 g/mol. The summed E-state index contributed by atoms with van der Waals surface area (Å²) in [6.45, 7) is 2.07. The second-order valence-corrected chi connectivity index (χ2v) is 11.6. The van der Waals surface area contributed by atoms with Crippen LogP contribution in [0.3, 0.4) is 0 Å². The van der Waals surface area contributed by atoms with E-state index in [0.717, 1.165) is 25.7 Å². The number of esters is 1. The van der Waals surface area contributed by atoms with Crippen molar-refractivity contribution in [2.45, 2.75) is 76.4 Å². The third-order valence-electron chi connectivity index (χ3n) is 8.17. The summed E-state index contributed by atoms with van der Waals surface area (Å²) in [5.41, 5.74) is -0.502. The van der Waals surface area contributed by atoms with Crippen LogP contribution in [-0.4, -0.2) is 56.5 Å². The molecule has 2 fully saturated rings. The van der Waals surface area contributed by atoms with E-state index in [4.69, 9.17) is 0 Å². The van der Waals surface area contributed by atoms with Crippen molar-refractivity contribution < 1.29 is 23.9 Å². The van der Waals surface area contributed by atoms with E-state index in [1.807, 2.05) is 0 Å². The van der Waals surface area contributed by atoms with Gasteiger partial charge in [-0.05, 0) is 62.5 Å². The molecule has 0 aromatic carbocycles. The summed E-state index contributed by atoms with van der Waals surface area (Å²) in [7, 11) is 2.91. The lowest BCUT2D eigenvalue weighted by Crippen LogP contribution is -2.55. The van der Waals surface area contributed by atoms with Gasteiger partial charge in [-0.1, -0.05) is 25.8 Å². The van der Waals surface area contributed by atoms with Crippen LogP contribution in [0.4, 0.5) is 5.69 Å². The molecule has 3 amide bonds. The monoisotopic (exact) mass is 580 g/mol. The second kappa shape index (κ2) is 13.6. The molecule has 12 nitrogen and oxygen atoms in total. The highest BCUT2D eigenvalue weighted by atomic mass is 16.5. The van der Waals surface area contributed by atoms with Crippen molar-refractivity contribution in [1.29, 1.82) is 0 Å². The topological polar surface area (TPSA) is 153 Å². The molecule has 0 saturated heterocycles. The zero-order valence-electron chi connectivity index (χ0n) is 24.4. The number of fused-ring (bicyclic) bond motifs is 2. The molecule has 12 heteroatoms. The van der Waals surface area contributed by atoms with Gasteiger partial charge in [-0.2, -0.15) is 0 Å². The molecule has 2 bridgehead atoms. The highest BCUT2D eigenvalue weighted by Crippen LogP contribution is 2.45. The third-order valence-corrected chi connectivity index (χ3v) is 8.17. The number of nitrogens with zero attached hydrogens (tertiary/aromatic N) is 3. The van der Waals surface area contributed by atoms with Crippen molar-refractivity contribution in [3.8, 4) is 0 Å². The zero-order chi connectivity index (χ0) is 30.3. The molecular formula is C30H40N6O6. The number of carbonyl (C=O) groups excluding carboxylic acids is 4. The first kappa shape index (κ1) is 30.7. The number of methoxy groups -OCH3 is 1. The predicted octanol–water partition coefficient (Wildman–Crippen LogP) is 2.30. The standard InChI is InChI=1S/C30H40N6O6/c1-20-14-21-8-6-12-30(15-20,16-21)34-25(37)18-36-13-7-10-23(29(36)41)33-27(39)22(9-4-5-11-26(38)42-3)32-28(40)24-17-31-19-35(24)2/h5,7,10-11,13,17,19-22H,4,6,8-9,12,14-16,18H2,1-3H3,(H,32,40)(H,33,39)(H,34,37)/b11-5+. The molecular weight excluding hydrogens is 540 g/mol. The second-order valence-electron chi connectivity index (χ2n) is 11.6. The van der Waals surface area contributed by atoms with Crippen LogP contribution in [0, 0.1) is 11.8 Å². The van der Waals surface area contributed by atoms with Gasteiger partial charge in [0.25, 0.3) is 11.5 Å². The van der Waals surface area contributed by atoms with Crippen molar-refractivity contribution in [2.24, 2.45) is 18.9 Å². The normalized spacial score (nSPS) is 22.3. The van der Waals surface area contributed by atoms with Crippen molar-refractivity contribution in [3.05, 3.63) is 59.1 Å². The van der Waals surface area contributed by atoms with E-state index in [9.17, 15) is 24.0 Å². The molecule has 3 N–H and O–H groups in total. The van der Waals surface area contributed by atoms with Gasteiger partial charge in [0.05, 0.1) is 19.6 Å². The minimum atomic E-state index is -1.03. The maximum Gasteiger partial charge on any atom is 0.330 e. The molecule has 0 spiro atoms. The molecule has 226 valence electrons. The molecule has 2 aliphatic carbocycles. The summed E-state index contributed by atoms with van der Waals surface area (Å²) in [6, 6.07) is 2.01. The van der Waals surface area contributed by atoms with E-state index in [0.29, 0.717) is 11.8 Å². The molecule has 4 rings (SSSR count). The number of aromatic nitrogens is 3. The van der Waals surface area contributed by atoms with Gasteiger partial charge in [0, 0.05) is 24.9 Å². The van der Waals surface area contributed by atoms with Crippen LogP contribution in [0.2, 0.25) is 0 Å². The Morgan fingerprint density at radius 3 is 2.81 bits per heavy atom. The van der Waals surface area contributed by atoms with Crippen molar-refractivity contribution >= 4 is 29.4 Å². The Labute approximate surface area is 244 Å². The van der Waals surface area contributed by atoms with Crippen LogP contribution < -0.4 is 21.5 Å². The van der Waals surface area contributed by atoms with Gasteiger partial charge in [-0.25, -0.2) is 9.78 Å². The minimum absolute atomic E-state index is 0.0117. The summed E-state index contributed by atoms with van der Waals surface area (Å²) in [4.78, 5) is 67.8. The van der Waals surface area contributed by atoms with E-state index in [1.165, 1.54) is 66.0 Å². The number of aryl methyl sites for hydroxylation is 1. The molecule has 2 aliphatic rings. The molecule has 0 aliphatic heterocycles. The van der Waals surface area contributed by atoms with Gasteiger partial charge in [0.1, 0.15) is 24.0 Å². The molecule has 4 atom stereocenters. The van der Waals surface area contributed by atoms with Gasteiger partial charge in [-0.3, -0.25) is 19.2 Å². The Hall–Kier alpha value is -4.22. The van der Waals surface area contributed by atoms with Crippen LogP contribution in [0.5, 0.6) is 0 Å². The molecule has 2 saturated carbocycles. The Balaban J connectivity index is 1.44. The largest absolute Gasteiger partial charge is 0.466 e. The van der Waals surface area contributed by atoms with Crippen molar-refractivity contribution in [1.82, 2.24) is 24.8 Å². The number of hydrogen-bond donors (Lipinski definition) is 3. The average Bonchev–Trinajstić information content (AvgIpc) is 3.37. The lowest BCUT2D eigenvalue weighted by atomic mass is 9.64. The minimum Gasteiger partial charge on any atom is -0.466 e. The maximum atomic E-state index is 13.3. The van der Waals surface area contributed by atoms with Crippen molar-refractivity contribution in [3.63, 3.8) is 0 Å². The number of carbonyl (C=O) groups is 4. The predicted molar refractivity (Wildman–Crippen MR) is 155 cm³/mol. The number of hydrogen-bond acceptors (Lipinski definition) is 7. The number of amides is 3. The fraction of sp³-hybridized carbons (Fsp3) is 0.533. The van der Waals surface area contributed by atoms with Crippen LogP contribution in [0.15, 0.2) is 47.8 Å². The molecule has 4 unspecified atom stereocenters. The number of allylic oxidation sites excluding steroid dienone is 1. The quantitative estimate of drug-likeness (QED) is 0.272. The first-order valence-electron chi connectivity index (χ1n) is 14.4. The number of imidazole rings is 1. The molecule has 2 aromatic heterocycles. The Morgan fingerprint density at radius 1 is 1.26 bits per heavy atom. The third kappa shape index (κ3) is 7.74. The van der Waals surface area contributed by atoms with Crippen LogP contribution in [0.25, 0.3) is 0 Å². The summed E-state index contributed by atoms with van der Waals surface area (Å²) in [5, 5.41) is 8.55. The highest BCUT2D eigenvalue weighted by molar-refractivity contribution is 6.00. The van der Waals surface area contributed by atoms with Gasteiger partial charge in [-0.15, -0.1) is 0 Å². The van der Waals surface area contributed by atoms with Gasteiger partial charge in [0.15, 0.2) is 0 Å². The lowest BCUT2D eigenvalue weighted by molar-refractivity contribution is -0.134. The van der Waals surface area contributed by atoms with E-state index in [1.54, 1.807) is 13.1 Å². The molecule has 42 heavy (non-hydrogen) atoms. The summed E-state index contributed by atoms with van der Waals surface area (Å²) < 4.78 is 7.37. The van der Waals surface area contributed by atoms with Crippen LogP contribution in [0.1, 0.15) is 68.8 Å². The van der Waals surface area contributed by atoms with Crippen LogP contribution in [-0.2, 0) is 32.7 Å². The number of anilines is 1. The molecule has 0 radical (unpaired) electrons. The Kier molecular flexibility index (Phi) is 9.97. The number of nitrogens with one attached hydrogen (secondary N) is 3. The summed E-state index contributed by atoms with van der Waals surface area (Å²) in [5.74, 6) is -0.715. The van der Waals surface area contributed by atoms with E-state index in [-0.39, 0.29) is 42.2 Å². The van der Waals surface area contributed by atoms with Gasteiger partial charge >= 0.3 is 5.97 Å². The zero-order valence-corrected chi connectivity index (χ0v) is 24.4. The number of rotatable bonds is 11. The van der Waals surface area contributed by atoms with Gasteiger partial charge in [0.2, 0.25) is 11.8 Å². The van der Waals surface area contributed by atoms with Crippen LogP contribution >= 0.6 is 0 Å². The smallest absolute Gasteiger partial charge is 0.330 e. The first-order chi connectivity index (χ1) is 20.1. The number of pyridine rings is 1. The van der Waals surface area contributed by atoms with Crippen molar-refractivity contribution in [2.75, 3.05) is 12.4 Å². The molecule has 2 heterocycles. The highest BCUT2D eigenvalue weighted by Gasteiger charge is 2.42. The fourth-order valence-corrected chi connectivity index (χ4v) is 6.41. The van der Waals surface area contributed by atoms with E-state index < -0.39 is 29.4 Å². The Bertz CT molecular complexity index is 1390. The summed E-state index contributed by atoms with van der Waals surface area (Å²) in [6.07, 6.45) is 13.9. The SMILES string of the molecule is COC(=O)/C=C/CCC(NC(=O)c1cncn1C)C(=O)Nc1cccn(CC(=O)NC23CCCC(CC(C)C2)C3)c1=O. The van der Waals surface area contributed by atoms with E-state index >= 15 is 0 Å². The van der Waals surface area contributed by atoms with E-state index in [2.05, 4.69) is 32.6 Å². The van der Waals surface area contributed by atoms with Gasteiger partial charge < -0.3 is 29.8 Å². The Morgan fingerprint density at radius 2 is 2.07 bits per heavy atom. The summed E-state index contributed by atoms with van der Waals surface area (Å²) >= 11 is 0. The molecule has 2 aromatic rings. The number of ether oxygens (including phenoxy) is 1. The lowest BCUT2D eigenvalue weighted by Gasteiger charge is -2.48. The maximum absolute atomic E-state index is 13.3. The first-order valence-corrected chi connectivity index (χ1v) is 14.4.